The van der Waals surface area contributed by atoms with Crippen LogP contribution in [0.5, 0.6) is 5.88 Å². The highest BCUT2D eigenvalue weighted by Gasteiger charge is 2.36. The zero-order valence-electron chi connectivity index (χ0n) is 18.5. The summed E-state index contributed by atoms with van der Waals surface area (Å²) in [6.07, 6.45) is -4.69. The van der Waals surface area contributed by atoms with Gasteiger partial charge in [0.1, 0.15) is 5.69 Å². The molecule has 0 aliphatic carbocycles. The molecule has 2 heterocycles. The molecule has 0 saturated heterocycles. The number of nitrogens with one attached hydrogen (secondary N) is 1. The Bertz CT molecular complexity index is 1380. The molecule has 0 radical (unpaired) electrons. The molecule has 0 spiro atoms. The molecule has 6 nitrogen and oxygen atoms in total. The Morgan fingerprint density at radius 3 is 2.47 bits per heavy atom. The molecule has 2 aromatic carbocycles. The molecule has 0 aliphatic rings. The number of ether oxygens (including phenoxy) is 1. The number of aryl methyl sites for hydroxylation is 2. The van der Waals surface area contributed by atoms with Crippen LogP contribution in [0.3, 0.4) is 0 Å². The van der Waals surface area contributed by atoms with Crippen molar-refractivity contribution in [1.29, 1.82) is 0 Å². The van der Waals surface area contributed by atoms with Crippen LogP contribution in [0.2, 0.25) is 0 Å². The number of hydrogen-bond acceptors (Lipinski definition) is 4. The van der Waals surface area contributed by atoms with Gasteiger partial charge in [0.15, 0.2) is 12.3 Å². The number of aromatic nitrogens is 3. The number of hydrogen-bond donors (Lipinski definition) is 1. The van der Waals surface area contributed by atoms with E-state index in [9.17, 15) is 18.0 Å². The molecule has 1 N–H and O–H groups in total. The minimum atomic E-state index is -4.69. The first kappa shape index (κ1) is 23.0. The van der Waals surface area contributed by atoms with E-state index in [2.05, 4.69) is 22.0 Å². The van der Waals surface area contributed by atoms with E-state index >= 15 is 0 Å². The monoisotopic (exact) mass is 466 g/mol. The third-order valence-electron chi connectivity index (χ3n) is 5.24. The van der Waals surface area contributed by atoms with Gasteiger partial charge in [0.05, 0.1) is 10.9 Å². The van der Waals surface area contributed by atoms with E-state index in [0.29, 0.717) is 16.8 Å². The van der Waals surface area contributed by atoms with Crippen molar-refractivity contribution in [3.63, 3.8) is 0 Å². The molecule has 9 heteroatoms. The lowest BCUT2D eigenvalue weighted by Crippen LogP contribution is -2.27. The minimum Gasteiger partial charge on any atom is -0.467 e. The number of nitrogens with zero attached hydrogens (tertiary/aromatic N) is 3. The zero-order valence-corrected chi connectivity index (χ0v) is 18.5. The molecular formula is C25H21F3N4O2. The molecule has 0 aliphatic heterocycles. The Morgan fingerprint density at radius 1 is 1.12 bits per heavy atom. The van der Waals surface area contributed by atoms with Crippen molar-refractivity contribution in [1.82, 2.24) is 20.1 Å². The summed E-state index contributed by atoms with van der Waals surface area (Å²) >= 11 is 0. The number of pyridine rings is 1. The maximum absolute atomic E-state index is 14.1. The Balaban J connectivity index is 1.65. The SMILES string of the molecule is C=C(NC(=O)COc1cc(C(F)(F)F)c2c(-c3ccccc3C)nn(C)c2n1)c1ccccc1. The van der Waals surface area contributed by atoms with E-state index in [1.807, 2.05) is 6.07 Å². The van der Waals surface area contributed by atoms with E-state index in [1.165, 1.54) is 11.7 Å². The van der Waals surface area contributed by atoms with Crippen LogP contribution in [-0.2, 0) is 18.0 Å². The van der Waals surface area contributed by atoms with Crippen LogP contribution in [0.1, 0.15) is 16.7 Å². The summed E-state index contributed by atoms with van der Waals surface area (Å²) < 4.78 is 48.8. The largest absolute Gasteiger partial charge is 0.467 e. The Hall–Kier alpha value is -4.14. The van der Waals surface area contributed by atoms with Gasteiger partial charge in [0.2, 0.25) is 5.88 Å². The lowest BCUT2D eigenvalue weighted by molar-refractivity contribution is -0.136. The number of alkyl halides is 3. The molecule has 34 heavy (non-hydrogen) atoms. The summed E-state index contributed by atoms with van der Waals surface area (Å²) in [6.45, 7) is 5.06. The van der Waals surface area contributed by atoms with Crippen LogP contribution < -0.4 is 10.1 Å². The van der Waals surface area contributed by atoms with E-state index in [-0.39, 0.29) is 22.6 Å². The summed E-state index contributed by atoms with van der Waals surface area (Å²) in [5.41, 5.74) is 1.65. The van der Waals surface area contributed by atoms with Gasteiger partial charge in [-0.15, -0.1) is 0 Å². The number of amides is 1. The van der Waals surface area contributed by atoms with Gasteiger partial charge in [0, 0.05) is 24.4 Å². The predicted molar refractivity (Wildman–Crippen MR) is 123 cm³/mol. The topological polar surface area (TPSA) is 69.0 Å². The van der Waals surface area contributed by atoms with Crippen molar-refractivity contribution in [3.8, 4) is 17.1 Å². The third kappa shape index (κ3) is 4.63. The van der Waals surface area contributed by atoms with E-state index in [4.69, 9.17) is 4.74 Å². The summed E-state index contributed by atoms with van der Waals surface area (Å²) in [5, 5.41) is 6.75. The Labute approximate surface area is 193 Å². The quantitative estimate of drug-likeness (QED) is 0.428. The number of rotatable bonds is 6. The van der Waals surface area contributed by atoms with Gasteiger partial charge >= 0.3 is 6.18 Å². The van der Waals surface area contributed by atoms with Crippen molar-refractivity contribution in [2.45, 2.75) is 13.1 Å². The molecule has 2 aromatic heterocycles. The highest BCUT2D eigenvalue weighted by Crippen LogP contribution is 2.41. The molecule has 0 unspecified atom stereocenters. The number of carbonyl (C=O) groups is 1. The highest BCUT2D eigenvalue weighted by atomic mass is 19.4. The van der Waals surface area contributed by atoms with Crippen LogP contribution >= 0.6 is 0 Å². The van der Waals surface area contributed by atoms with Gasteiger partial charge in [-0.05, 0) is 18.1 Å². The average Bonchev–Trinajstić information content (AvgIpc) is 3.13. The summed E-state index contributed by atoms with van der Waals surface area (Å²) in [4.78, 5) is 16.5. The van der Waals surface area contributed by atoms with Crippen LogP contribution in [0.4, 0.5) is 13.2 Å². The highest BCUT2D eigenvalue weighted by molar-refractivity contribution is 5.95. The molecule has 0 fully saturated rings. The van der Waals surface area contributed by atoms with E-state index in [1.54, 1.807) is 55.5 Å². The lowest BCUT2D eigenvalue weighted by Gasteiger charge is -2.13. The van der Waals surface area contributed by atoms with Crippen LogP contribution in [0, 0.1) is 6.92 Å². The number of benzene rings is 2. The minimum absolute atomic E-state index is 0.00261. The van der Waals surface area contributed by atoms with Crippen LogP contribution in [0.15, 0.2) is 67.2 Å². The fourth-order valence-corrected chi connectivity index (χ4v) is 3.60. The second-order valence-electron chi connectivity index (χ2n) is 7.67. The normalized spacial score (nSPS) is 11.4. The second-order valence-corrected chi connectivity index (χ2v) is 7.67. The van der Waals surface area contributed by atoms with Gasteiger partial charge in [-0.1, -0.05) is 61.2 Å². The third-order valence-corrected chi connectivity index (χ3v) is 5.24. The predicted octanol–water partition coefficient (Wildman–Crippen LogP) is 5.13. The molecule has 0 saturated carbocycles. The average molecular weight is 466 g/mol. The number of fused-ring (bicyclic) bond motifs is 1. The molecule has 4 aromatic rings. The Kier molecular flexibility index (Phi) is 6.10. The van der Waals surface area contributed by atoms with Gasteiger partial charge in [-0.25, -0.2) is 4.68 Å². The molecule has 174 valence electrons. The van der Waals surface area contributed by atoms with Crippen LogP contribution in [0.25, 0.3) is 28.0 Å². The first-order valence-electron chi connectivity index (χ1n) is 10.3. The number of carbonyl (C=O) groups excluding carboxylic acids is 1. The molecule has 4 rings (SSSR count). The van der Waals surface area contributed by atoms with Gasteiger partial charge in [0.25, 0.3) is 5.91 Å². The fraction of sp³-hybridized carbons (Fsp3) is 0.160. The lowest BCUT2D eigenvalue weighted by atomic mass is 10.0. The maximum atomic E-state index is 14.1. The second kappa shape index (κ2) is 9.01. The smallest absolute Gasteiger partial charge is 0.417 e. The van der Waals surface area contributed by atoms with Crippen molar-refractivity contribution in [2.75, 3.05) is 6.61 Å². The standard InChI is InChI=1S/C25H21F3N4O2/c1-15-9-7-8-12-18(15)23-22-19(25(26,27)28)13-21(30-24(22)32(3)31-23)34-14-20(33)29-16(2)17-10-5-4-6-11-17/h4-13H,2,14H2,1,3H3,(H,29,33). The zero-order chi connectivity index (χ0) is 24.5. The van der Waals surface area contributed by atoms with Crippen molar-refractivity contribution in [3.05, 3.63) is 83.9 Å². The molecular weight excluding hydrogens is 445 g/mol. The Morgan fingerprint density at radius 2 is 1.79 bits per heavy atom. The van der Waals surface area contributed by atoms with Gasteiger partial charge < -0.3 is 10.1 Å². The molecule has 0 atom stereocenters. The van der Waals surface area contributed by atoms with Gasteiger partial charge in [-0.2, -0.15) is 23.3 Å². The first-order chi connectivity index (χ1) is 16.1. The summed E-state index contributed by atoms with van der Waals surface area (Å²) in [5.74, 6) is -0.908. The maximum Gasteiger partial charge on any atom is 0.417 e. The first-order valence-corrected chi connectivity index (χ1v) is 10.3. The van der Waals surface area contributed by atoms with Crippen molar-refractivity contribution < 1.29 is 22.7 Å². The summed E-state index contributed by atoms with van der Waals surface area (Å²) in [7, 11) is 1.51. The fourth-order valence-electron chi connectivity index (χ4n) is 3.60. The summed E-state index contributed by atoms with van der Waals surface area (Å²) in [6, 6.07) is 16.8. The van der Waals surface area contributed by atoms with Gasteiger partial charge in [-0.3, -0.25) is 4.79 Å². The molecule has 1 amide bonds. The van der Waals surface area contributed by atoms with E-state index in [0.717, 1.165) is 11.6 Å². The van der Waals surface area contributed by atoms with E-state index < -0.39 is 24.3 Å². The van der Waals surface area contributed by atoms with Crippen molar-refractivity contribution in [2.24, 2.45) is 7.05 Å². The van der Waals surface area contributed by atoms with Crippen molar-refractivity contribution >= 4 is 22.6 Å². The van der Waals surface area contributed by atoms with Crippen LogP contribution in [-0.4, -0.2) is 27.3 Å². The molecule has 0 bridgehead atoms. The number of halogens is 3.